The van der Waals surface area contributed by atoms with Crippen LogP contribution in [-0.4, -0.2) is 104 Å². The molecule has 1 aromatic carbocycles. The molecule has 0 spiro atoms. The van der Waals surface area contributed by atoms with E-state index in [9.17, 15) is 14.5 Å². The summed E-state index contributed by atoms with van der Waals surface area (Å²) in [7, 11) is -5.56. The minimum absolute atomic E-state index is 0.0758. The molecule has 15 nitrogen and oxygen atoms in total. The summed E-state index contributed by atoms with van der Waals surface area (Å²) in [5.74, 6) is 0. The van der Waals surface area contributed by atoms with Gasteiger partial charge in [0.05, 0.1) is 0 Å². The van der Waals surface area contributed by atoms with Crippen molar-refractivity contribution in [2.45, 2.75) is 54.4 Å². The Morgan fingerprint density at radius 1 is 0.638 bits per heavy atom. The monoisotopic (exact) mass is 712 g/mol. The summed E-state index contributed by atoms with van der Waals surface area (Å²) in [6, 6.07) is 6.63. The normalized spacial score (nSPS) is 12.3. The van der Waals surface area contributed by atoms with Gasteiger partial charge in [0.1, 0.15) is 5.69 Å². The Morgan fingerprint density at radius 2 is 1.00 bits per heavy atom. The zero-order valence-corrected chi connectivity index (χ0v) is 31.0. The number of alkyl carbamates (subject to hydrolysis) is 2. The van der Waals surface area contributed by atoms with Crippen LogP contribution in [0.2, 0.25) is 0 Å². The Bertz CT molecular complexity index is 909. The molecule has 0 radical (unpaired) electrons. The van der Waals surface area contributed by atoms with Gasteiger partial charge in [0, 0.05) is 0 Å². The Hall–Kier alpha value is -2.22. The number of carbonyl (C=O) groups is 2. The van der Waals surface area contributed by atoms with Crippen molar-refractivity contribution in [3.05, 3.63) is 29.2 Å². The van der Waals surface area contributed by atoms with Crippen LogP contribution in [0.3, 0.4) is 0 Å². The number of benzene rings is 1. The van der Waals surface area contributed by atoms with Gasteiger partial charge in [0.15, 0.2) is 0 Å². The van der Waals surface area contributed by atoms with Gasteiger partial charge in [-0.15, -0.1) is 4.91 Å². The van der Waals surface area contributed by atoms with Crippen LogP contribution >= 0.6 is 15.9 Å². The van der Waals surface area contributed by atoms with E-state index in [2.05, 4.69) is 15.8 Å². The van der Waals surface area contributed by atoms with Gasteiger partial charge < -0.3 is 0 Å². The molecule has 2 N–H and O–H groups in total. The van der Waals surface area contributed by atoms with Crippen molar-refractivity contribution in [1.29, 1.82) is 0 Å². The van der Waals surface area contributed by atoms with Crippen LogP contribution in [0.15, 0.2) is 29.4 Å². The van der Waals surface area contributed by atoms with E-state index >= 15 is 0 Å². The third-order valence-corrected chi connectivity index (χ3v) is 12.9. The quantitative estimate of drug-likeness (QED) is 0.0564. The van der Waals surface area contributed by atoms with Crippen LogP contribution in [0.25, 0.3) is 0 Å². The van der Waals surface area contributed by atoms with E-state index in [1.54, 1.807) is 24.3 Å². The zero-order chi connectivity index (χ0) is 34.8. The number of carbonyl (C=O) groups excluding carboxylic acids is 2. The second-order valence-electron chi connectivity index (χ2n) is 9.89. The first kappa shape index (κ1) is 42.8. The third-order valence-electron chi connectivity index (χ3n) is 6.55. The molecular formula is C30H58N4O11P2. The van der Waals surface area contributed by atoms with Gasteiger partial charge in [-0.05, 0) is 5.18 Å². The first-order valence-corrected chi connectivity index (χ1v) is 20.5. The Balaban J connectivity index is 2.57. The number of nitrogens with zero attached hydrogens (tertiary/aromatic N) is 2. The number of nitrogens with one attached hydrogen (secondary N) is 2. The second kappa shape index (κ2) is 25.8. The van der Waals surface area contributed by atoms with E-state index in [4.69, 9.17) is 36.6 Å². The van der Waals surface area contributed by atoms with Gasteiger partial charge in [-0.3, -0.25) is 0 Å². The van der Waals surface area contributed by atoms with E-state index in [1.165, 1.54) is 0 Å². The van der Waals surface area contributed by atoms with Crippen molar-refractivity contribution in [1.82, 2.24) is 10.6 Å². The van der Waals surface area contributed by atoms with Gasteiger partial charge in [0.2, 0.25) is 0 Å². The predicted octanol–water partition coefficient (Wildman–Crippen LogP) is 6.33. The van der Waals surface area contributed by atoms with E-state index < -0.39 is 28.1 Å². The Kier molecular flexibility index (Phi) is 23.5. The molecule has 0 bridgehead atoms. The molecule has 274 valence electrons. The molecular weight excluding hydrogens is 654 g/mol. The fourth-order valence-corrected chi connectivity index (χ4v) is 9.91. The van der Waals surface area contributed by atoms with Crippen LogP contribution in [0, 0.1) is 4.91 Å². The van der Waals surface area contributed by atoms with Crippen molar-refractivity contribution in [3.63, 3.8) is 0 Å². The van der Waals surface area contributed by atoms with E-state index in [-0.39, 0.29) is 18.9 Å². The first-order chi connectivity index (χ1) is 22.8. The number of anilines is 1. The van der Waals surface area contributed by atoms with Crippen molar-refractivity contribution in [2.24, 2.45) is 5.18 Å². The molecule has 0 aliphatic heterocycles. The van der Waals surface area contributed by atoms with Gasteiger partial charge >= 0.3 is 266 Å². The molecule has 47 heavy (non-hydrogen) atoms. The SMILES string of the molecule is CCO[PH](CCCNC(=O)OCCN(CCOC(=O)NCCC[PH](OCC)(OCC)OCC)c1ccc(N=O)cc1)(OCC)OCC. The summed E-state index contributed by atoms with van der Waals surface area (Å²) in [4.78, 5) is 37.5. The number of amides is 2. The third kappa shape index (κ3) is 17.7. The number of rotatable bonds is 28. The van der Waals surface area contributed by atoms with Crippen molar-refractivity contribution in [3.8, 4) is 0 Å². The van der Waals surface area contributed by atoms with Gasteiger partial charge in [-0.1, -0.05) is 0 Å². The van der Waals surface area contributed by atoms with Gasteiger partial charge in [-0.2, -0.15) is 0 Å². The fourth-order valence-electron chi connectivity index (χ4n) is 4.69. The molecule has 0 fully saturated rings. The van der Waals surface area contributed by atoms with Crippen LogP contribution in [0.4, 0.5) is 21.0 Å². The molecule has 0 saturated carbocycles. The molecule has 0 atom stereocenters. The molecule has 17 heteroatoms. The van der Waals surface area contributed by atoms with Crippen molar-refractivity contribution >= 4 is 39.4 Å². The number of nitroso groups, excluding NO2 is 1. The Morgan fingerprint density at radius 3 is 1.32 bits per heavy atom. The molecule has 0 unspecified atom stereocenters. The summed E-state index contributed by atoms with van der Waals surface area (Å²) >= 11 is 0. The first-order valence-electron chi connectivity index (χ1n) is 16.6. The average Bonchev–Trinajstić information content (AvgIpc) is 3.05. The molecule has 0 aliphatic carbocycles. The van der Waals surface area contributed by atoms with Crippen LogP contribution in [0.5, 0.6) is 0 Å². The number of ether oxygens (including phenoxy) is 2. The zero-order valence-electron chi connectivity index (χ0n) is 29.0. The van der Waals surface area contributed by atoms with Crippen LogP contribution in [0.1, 0.15) is 54.4 Å². The van der Waals surface area contributed by atoms with Gasteiger partial charge in [-0.25, -0.2) is 0 Å². The molecule has 0 aromatic heterocycles. The van der Waals surface area contributed by atoms with Crippen LogP contribution in [-0.2, 0) is 36.6 Å². The van der Waals surface area contributed by atoms with Crippen molar-refractivity contribution in [2.75, 3.05) is 96.3 Å². The Labute approximate surface area is 281 Å². The molecule has 1 rings (SSSR count). The summed E-state index contributed by atoms with van der Waals surface area (Å²) in [5, 5.41) is 8.44. The number of hydrogen-bond donors (Lipinski definition) is 2. The molecule has 0 saturated heterocycles. The van der Waals surface area contributed by atoms with Gasteiger partial charge in [0.25, 0.3) is 0 Å². The van der Waals surface area contributed by atoms with E-state index in [1.807, 2.05) is 46.4 Å². The standard InChI is InChI=1S/C30H58N4O11P2/c1-7-40-46(41-8-2,42-9-3)25-13-19-31-29(35)38-23-21-34(28-17-15-27(33-37)16-18-28)22-24-39-30(36)32-20-14-26-47(43-10-4,44-11-5)45-12-6/h15-18,46-47H,7-14,19-26H2,1-6H3,(H,31,35)(H,32,36). The summed E-state index contributed by atoms with van der Waals surface area (Å²) in [6.45, 7) is 15.9. The molecule has 0 aliphatic rings. The maximum absolute atomic E-state index is 12.4. The average molecular weight is 713 g/mol. The number of hydrogen-bond acceptors (Lipinski definition) is 13. The van der Waals surface area contributed by atoms with E-state index in [0.717, 1.165) is 5.69 Å². The molecule has 0 heterocycles. The molecule has 1 aromatic rings. The summed E-state index contributed by atoms with van der Waals surface area (Å²) in [5.41, 5.74) is 1.04. The van der Waals surface area contributed by atoms with E-state index in [0.29, 0.717) is 91.0 Å². The second-order valence-corrected chi connectivity index (χ2v) is 15.4. The maximum atomic E-state index is 12.4. The topological polar surface area (TPSA) is 165 Å². The van der Waals surface area contributed by atoms with Crippen LogP contribution < -0.4 is 15.5 Å². The molecule has 2 amide bonds. The summed E-state index contributed by atoms with van der Waals surface area (Å²) in [6.07, 6.45) is 1.26. The summed E-state index contributed by atoms with van der Waals surface area (Å²) < 4.78 is 45.9. The minimum atomic E-state index is -2.78. The predicted molar refractivity (Wildman–Crippen MR) is 188 cm³/mol. The fraction of sp³-hybridized carbons (Fsp3) is 0.733. The van der Waals surface area contributed by atoms with Crippen molar-refractivity contribution < 1.29 is 46.2 Å².